The van der Waals surface area contributed by atoms with Gasteiger partial charge in [0.05, 0.1) is 17.8 Å². The molecule has 3 aliphatic heterocycles. The number of fused-ring (bicyclic) bond motifs is 3. The van der Waals surface area contributed by atoms with Gasteiger partial charge in [-0.05, 0) is 54.5 Å². The second-order valence-corrected chi connectivity index (χ2v) is 10.5. The second kappa shape index (κ2) is 9.05. The summed E-state index contributed by atoms with van der Waals surface area (Å²) < 4.78 is 1.25. The number of rotatable bonds is 5. The largest absolute Gasteiger partial charge is 0.478 e. The summed E-state index contributed by atoms with van der Waals surface area (Å²) in [5, 5.41) is 12.4. The highest BCUT2D eigenvalue weighted by molar-refractivity contribution is 7.17. The lowest BCUT2D eigenvalue weighted by atomic mass is 10.0. The minimum Gasteiger partial charge on any atom is -0.478 e. The summed E-state index contributed by atoms with van der Waals surface area (Å²) in [6.45, 7) is 3.43. The number of pyridine rings is 2. The number of aromatic carboxylic acids is 1. The quantitative estimate of drug-likeness (QED) is 0.588. The van der Waals surface area contributed by atoms with Crippen LogP contribution in [0, 0.1) is 0 Å². The molecule has 3 aromatic rings. The third-order valence-corrected chi connectivity index (χ3v) is 8.30. The summed E-state index contributed by atoms with van der Waals surface area (Å²) in [4.78, 5) is 39.8. The van der Waals surface area contributed by atoms with E-state index in [1.54, 1.807) is 23.5 Å². The molecule has 6 rings (SSSR count). The Labute approximate surface area is 207 Å². The highest BCUT2D eigenvalue weighted by atomic mass is 32.1. The van der Waals surface area contributed by atoms with Gasteiger partial charge in [0.1, 0.15) is 5.82 Å². The van der Waals surface area contributed by atoms with Gasteiger partial charge in [-0.15, -0.1) is 11.3 Å². The Morgan fingerprint density at radius 2 is 1.91 bits per heavy atom. The molecule has 0 aromatic carbocycles. The minimum absolute atomic E-state index is 0.179. The van der Waals surface area contributed by atoms with Crippen LogP contribution >= 0.6 is 11.3 Å². The molecule has 35 heavy (non-hydrogen) atoms. The molecule has 6 heterocycles. The molecule has 1 N–H and O–H groups in total. The molecule has 2 atom stereocenters. The average molecular weight is 490 g/mol. The van der Waals surface area contributed by atoms with Crippen molar-refractivity contribution in [2.75, 3.05) is 37.6 Å². The lowest BCUT2D eigenvalue weighted by Crippen LogP contribution is -2.56. The van der Waals surface area contributed by atoms with E-state index in [2.05, 4.69) is 43.4 Å². The number of anilines is 1. The second-order valence-electron chi connectivity index (χ2n) is 9.51. The predicted molar refractivity (Wildman–Crippen MR) is 136 cm³/mol. The van der Waals surface area contributed by atoms with Crippen LogP contribution in [0.1, 0.15) is 35.3 Å². The van der Waals surface area contributed by atoms with Gasteiger partial charge in [-0.25, -0.2) is 9.78 Å². The number of carbonyl (C=O) groups is 2. The van der Waals surface area contributed by atoms with Crippen molar-refractivity contribution in [1.29, 1.82) is 0 Å². The maximum absolute atomic E-state index is 13.1. The fraction of sp³-hybridized carbons (Fsp3) is 0.385. The zero-order valence-corrected chi connectivity index (χ0v) is 20.2. The van der Waals surface area contributed by atoms with Crippen molar-refractivity contribution in [2.24, 2.45) is 0 Å². The third kappa shape index (κ3) is 4.19. The van der Waals surface area contributed by atoms with Crippen LogP contribution in [0.25, 0.3) is 15.7 Å². The first-order chi connectivity index (χ1) is 17.1. The lowest BCUT2D eigenvalue weighted by molar-refractivity contribution is -0.132. The fourth-order valence-corrected chi connectivity index (χ4v) is 6.49. The maximum atomic E-state index is 13.1. The molecule has 0 spiro atoms. The first-order valence-electron chi connectivity index (χ1n) is 12.1. The molecule has 180 valence electrons. The number of nitrogens with zero attached hydrogens (tertiary/aromatic N) is 5. The van der Waals surface area contributed by atoms with Crippen LogP contribution in [0.4, 0.5) is 5.82 Å². The van der Waals surface area contributed by atoms with E-state index in [-0.39, 0.29) is 11.5 Å². The zero-order valence-electron chi connectivity index (χ0n) is 19.3. The number of carboxylic acid groups (broad SMARTS) is 1. The molecular weight excluding hydrogens is 462 g/mol. The SMILES string of the molecule is O=C(O)c1ccc(N2C3CCC2CN(CC(=O)N2CC=C(c4nccc5sccc45)CC2)C3)nc1. The molecule has 1 amide bonds. The van der Waals surface area contributed by atoms with Crippen LogP contribution in [0.5, 0.6) is 0 Å². The van der Waals surface area contributed by atoms with Gasteiger partial charge < -0.3 is 14.9 Å². The van der Waals surface area contributed by atoms with Gasteiger partial charge >= 0.3 is 5.97 Å². The summed E-state index contributed by atoms with van der Waals surface area (Å²) in [5.41, 5.74) is 2.48. The summed E-state index contributed by atoms with van der Waals surface area (Å²) in [7, 11) is 0. The molecule has 2 fully saturated rings. The van der Waals surface area contributed by atoms with Crippen molar-refractivity contribution in [3.05, 3.63) is 59.4 Å². The normalized spacial score (nSPS) is 22.5. The number of amides is 1. The van der Waals surface area contributed by atoms with Crippen LogP contribution in [-0.2, 0) is 4.79 Å². The molecule has 2 saturated heterocycles. The van der Waals surface area contributed by atoms with Gasteiger partial charge in [-0.1, -0.05) is 6.08 Å². The monoisotopic (exact) mass is 489 g/mol. The highest BCUT2D eigenvalue weighted by Crippen LogP contribution is 2.34. The zero-order chi connectivity index (χ0) is 23.9. The maximum Gasteiger partial charge on any atom is 0.337 e. The number of carboxylic acids is 1. The Balaban J connectivity index is 1.08. The molecule has 0 saturated carbocycles. The Bertz CT molecular complexity index is 1290. The minimum atomic E-state index is -0.963. The van der Waals surface area contributed by atoms with Crippen LogP contribution in [-0.4, -0.2) is 81.6 Å². The van der Waals surface area contributed by atoms with E-state index in [1.807, 2.05) is 11.1 Å². The fourth-order valence-electron chi connectivity index (χ4n) is 5.71. The molecule has 8 nitrogen and oxygen atoms in total. The Hall–Kier alpha value is -3.30. The number of aromatic nitrogens is 2. The number of hydrogen-bond acceptors (Lipinski definition) is 7. The lowest BCUT2D eigenvalue weighted by Gasteiger charge is -2.42. The van der Waals surface area contributed by atoms with Crippen molar-refractivity contribution in [2.45, 2.75) is 31.3 Å². The molecule has 9 heteroatoms. The molecular formula is C26H27N5O3S. The van der Waals surface area contributed by atoms with E-state index in [0.717, 1.165) is 50.4 Å². The van der Waals surface area contributed by atoms with Crippen molar-refractivity contribution in [1.82, 2.24) is 19.8 Å². The van der Waals surface area contributed by atoms with Gasteiger partial charge in [0.2, 0.25) is 5.91 Å². The van der Waals surface area contributed by atoms with Gasteiger partial charge in [0.25, 0.3) is 0 Å². The van der Waals surface area contributed by atoms with Crippen molar-refractivity contribution < 1.29 is 14.7 Å². The number of hydrogen-bond donors (Lipinski definition) is 1. The van der Waals surface area contributed by atoms with E-state index >= 15 is 0 Å². The van der Waals surface area contributed by atoms with Gasteiger partial charge in [-0.3, -0.25) is 14.7 Å². The molecule has 3 aromatic heterocycles. The topological polar surface area (TPSA) is 89.9 Å². The number of likely N-dealkylation sites (tertiary alicyclic amines) is 1. The predicted octanol–water partition coefficient (Wildman–Crippen LogP) is 3.36. The molecule has 2 unspecified atom stereocenters. The van der Waals surface area contributed by atoms with Crippen molar-refractivity contribution in [3.8, 4) is 0 Å². The van der Waals surface area contributed by atoms with E-state index in [9.17, 15) is 9.59 Å². The summed E-state index contributed by atoms with van der Waals surface area (Å²) in [6, 6.07) is 8.21. The third-order valence-electron chi connectivity index (χ3n) is 7.42. The molecule has 0 radical (unpaired) electrons. The van der Waals surface area contributed by atoms with E-state index < -0.39 is 5.97 Å². The highest BCUT2D eigenvalue weighted by Gasteiger charge is 2.41. The Morgan fingerprint density at radius 1 is 1.09 bits per heavy atom. The smallest absolute Gasteiger partial charge is 0.337 e. The Morgan fingerprint density at radius 3 is 2.60 bits per heavy atom. The van der Waals surface area contributed by atoms with Gasteiger partial charge in [0, 0.05) is 60.7 Å². The average Bonchev–Trinajstić information content (AvgIpc) is 3.46. The standard InChI is InChI=1S/C26H27N5O3S/c32-24(30-10-6-17(7-11-30)25-21-8-12-35-22(21)5-9-27-25)16-29-14-19-2-3-20(15-29)31(19)23-4-1-18(13-28-23)26(33)34/h1,4-6,8-9,12-13,19-20H,2-3,7,10-11,14-16H2,(H,33,34). The van der Waals surface area contributed by atoms with Gasteiger partial charge in [-0.2, -0.15) is 0 Å². The van der Waals surface area contributed by atoms with Crippen LogP contribution < -0.4 is 4.90 Å². The van der Waals surface area contributed by atoms with E-state index in [0.29, 0.717) is 25.2 Å². The number of piperazine rings is 1. The van der Waals surface area contributed by atoms with E-state index in [1.165, 1.54) is 21.9 Å². The first kappa shape index (κ1) is 22.2. The Kier molecular flexibility index (Phi) is 5.74. The number of thiophene rings is 1. The first-order valence-corrected chi connectivity index (χ1v) is 12.9. The summed E-state index contributed by atoms with van der Waals surface area (Å²) in [5.74, 6) is 0.0463. The van der Waals surface area contributed by atoms with Crippen molar-refractivity contribution in [3.63, 3.8) is 0 Å². The van der Waals surface area contributed by atoms with Crippen LogP contribution in [0.2, 0.25) is 0 Å². The van der Waals surface area contributed by atoms with E-state index in [4.69, 9.17) is 5.11 Å². The molecule has 3 aliphatic rings. The summed E-state index contributed by atoms with van der Waals surface area (Å²) in [6.07, 6.45) is 8.42. The molecule has 2 bridgehead atoms. The molecule has 0 aliphatic carbocycles. The van der Waals surface area contributed by atoms with Crippen LogP contribution in [0.15, 0.2) is 48.1 Å². The number of carbonyl (C=O) groups excluding carboxylic acids is 1. The van der Waals surface area contributed by atoms with Crippen LogP contribution in [0.3, 0.4) is 0 Å². The summed E-state index contributed by atoms with van der Waals surface area (Å²) >= 11 is 1.73. The van der Waals surface area contributed by atoms with Gasteiger partial charge in [0.15, 0.2) is 0 Å². The van der Waals surface area contributed by atoms with Crippen molar-refractivity contribution >= 4 is 44.7 Å².